The van der Waals surface area contributed by atoms with E-state index in [1.54, 1.807) is 23.0 Å². The molecule has 2 N–H and O–H groups in total. The summed E-state index contributed by atoms with van der Waals surface area (Å²) >= 11 is 0. The van der Waals surface area contributed by atoms with Crippen molar-refractivity contribution in [1.82, 2.24) is 29.7 Å². The molecule has 0 bridgehead atoms. The quantitative estimate of drug-likeness (QED) is 0.442. The van der Waals surface area contributed by atoms with Gasteiger partial charge in [-0.05, 0) is 49.4 Å². The largest absolute Gasteiger partial charge is 0.340 e. The van der Waals surface area contributed by atoms with Crippen molar-refractivity contribution in [2.45, 2.75) is 6.92 Å². The number of rotatable bonds is 5. The Morgan fingerprint density at radius 1 is 0.906 bits per heavy atom. The number of hydrogen-bond acceptors (Lipinski definition) is 7. The van der Waals surface area contributed by atoms with Crippen molar-refractivity contribution >= 4 is 34.1 Å². The Kier molecular flexibility index (Phi) is 4.97. The maximum absolute atomic E-state index is 12.6. The number of para-hydroxylation sites is 2. The summed E-state index contributed by atoms with van der Waals surface area (Å²) in [7, 11) is 0. The van der Waals surface area contributed by atoms with Gasteiger partial charge in [-0.1, -0.05) is 12.1 Å². The highest BCUT2D eigenvalue weighted by atomic mass is 16.1. The molecule has 2 aromatic carbocycles. The lowest BCUT2D eigenvalue weighted by Crippen LogP contribution is -2.14. The minimum Gasteiger partial charge on any atom is -0.340 e. The molecule has 0 radical (unpaired) electrons. The van der Waals surface area contributed by atoms with E-state index in [4.69, 9.17) is 0 Å². The van der Waals surface area contributed by atoms with E-state index >= 15 is 0 Å². The first kappa shape index (κ1) is 19.3. The molecule has 3 aromatic heterocycles. The second-order valence-corrected chi connectivity index (χ2v) is 7.01. The lowest BCUT2D eigenvalue weighted by atomic mass is 10.2. The molecule has 32 heavy (non-hydrogen) atoms. The van der Waals surface area contributed by atoms with Crippen molar-refractivity contribution in [3.05, 3.63) is 90.8 Å². The zero-order chi connectivity index (χ0) is 21.9. The number of benzene rings is 2. The van der Waals surface area contributed by atoms with Crippen LogP contribution in [0.2, 0.25) is 0 Å². The summed E-state index contributed by atoms with van der Waals surface area (Å²) < 4.78 is 1.67. The van der Waals surface area contributed by atoms with Gasteiger partial charge in [0.25, 0.3) is 5.91 Å². The van der Waals surface area contributed by atoms with Crippen molar-refractivity contribution in [1.29, 1.82) is 0 Å². The molecule has 0 aliphatic rings. The van der Waals surface area contributed by atoms with Crippen LogP contribution in [-0.2, 0) is 0 Å². The van der Waals surface area contributed by atoms with Crippen LogP contribution < -0.4 is 10.6 Å². The molecule has 0 atom stereocenters. The molecule has 0 saturated carbocycles. The van der Waals surface area contributed by atoms with Crippen LogP contribution in [0, 0.1) is 6.92 Å². The molecule has 0 aliphatic heterocycles. The van der Waals surface area contributed by atoms with Gasteiger partial charge >= 0.3 is 0 Å². The average molecular weight is 422 g/mol. The van der Waals surface area contributed by atoms with Crippen molar-refractivity contribution < 1.29 is 4.79 Å². The summed E-state index contributed by atoms with van der Waals surface area (Å²) in [5.74, 6) is 1.62. The van der Waals surface area contributed by atoms with Gasteiger partial charge in [0.1, 0.15) is 17.3 Å². The molecule has 9 heteroatoms. The summed E-state index contributed by atoms with van der Waals surface area (Å²) in [6.45, 7) is 1.83. The molecule has 0 aliphatic carbocycles. The van der Waals surface area contributed by atoms with E-state index in [0.29, 0.717) is 28.7 Å². The lowest BCUT2D eigenvalue weighted by Gasteiger charge is -2.10. The zero-order valence-electron chi connectivity index (χ0n) is 17.1. The van der Waals surface area contributed by atoms with E-state index in [1.165, 1.54) is 6.20 Å². The second-order valence-electron chi connectivity index (χ2n) is 7.01. The number of anilines is 3. The Hall–Kier alpha value is -4.66. The van der Waals surface area contributed by atoms with Gasteiger partial charge in [0.15, 0.2) is 5.82 Å². The van der Waals surface area contributed by atoms with E-state index in [1.807, 2.05) is 61.7 Å². The molecule has 9 nitrogen and oxygen atoms in total. The first-order valence-corrected chi connectivity index (χ1v) is 9.90. The number of nitrogens with one attached hydrogen (secondary N) is 2. The monoisotopic (exact) mass is 422 g/mol. The molecule has 0 fully saturated rings. The Labute approximate surface area is 183 Å². The van der Waals surface area contributed by atoms with Gasteiger partial charge in [-0.25, -0.2) is 19.6 Å². The van der Waals surface area contributed by atoms with E-state index < -0.39 is 0 Å². The van der Waals surface area contributed by atoms with Crippen LogP contribution in [0.25, 0.3) is 16.9 Å². The Bertz CT molecular complexity index is 1400. The van der Waals surface area contributed by atoms with Crippen molar-refractivity contribution in [2.75, 3.05) is 10.6 Å². The standard InChI is InChI=1S/C23H18N8O/c1-15-26-21(13-22(27-15)31-12-4-11-25-31)28-16-7-9-17(10-8-16)29-23(32)20-14-24-18-5-2-3-6-19(18)30-20/h2-14H,1H3,(H,29,32)(H,26,27,28). The van der Waals surface area contributed by atoms with Crippen molar-refractivity contribution in [2.24, 2.45) is 0 Å². The summed E-state index contributed by atoms with van der Waals surface area (Å²) in [6, 6.07) is 18.4. The van der Waals surface area contributed by atoms with Crippen LogP contribution >= 0.6 is 0 Å². The molecule has 5 aromatic rings. The zero-order valence-corrected chi connectivity index (χ0v) is 17.1. The number of fused-ring (bicyclic) bond motifs is 1. The number of carbonyl (C=O) groups excluding carboxylic acids is 1. The van der Waals surface area contributed by atoms with Crippen LogP contribution in [0.1, 0.15) is 16.3 Å². The molecular formula is C23H18N8O. The highest BCUT2D eigenvalue weighted by molar-refractivity contribution is 6.03. The third-order valence-corrected chi connectivity index (χ3v) is 4.66. The number of nitrogens with zero attached hydrogens (tertiary/aromatic N) is 6. The second kappa shape index (κ2) is 8.23. The minimum atomic E-state index is -0.320. The SMILES string of the molecule is Cc1nc(Nc2ccc(NC(=O)c3cnc4ccccc4n3)cc2)cc(-n2cccn2)n1. The van der Waals surface area contributed by atoms with Gasteiger partial charge < -0.3 is 10.6 Å². The predicted molar refractivity (Wildman–Crippen MR) is 121 cm³/mol. The first-order valence-electron chi connectivity index (χ1n) is 9.90. The molecule has 156 valence electrons. The molecule has 0 saturated heterocycles. The van der Waals surface area contributed by atoms with Crippen LogP contribution in [0.5, 0.6) is 0 Å². The third-order valence-electron chi connectivity index (χ3n) is 4.66. The van der Waals surface area contributed by atoms with E-state index in [2.05, 4.69) is 35.7 Å². The van der Waals surface area contributed by atoms with Crippen LogP contribution in [0.15, 0.2) is 79.3 Å². The van der Waals surface area contributed by atoms with Crippen molar-refractivity contribution in [3.63, 3.8) is 0 Å². The number of amides is 1. The molecule has 0 unspecified atom stereocenters. The van der Waals surface area contributed by atoms with Gasteiger partial charge in [-0.3, -0.25) is 9.78 Å². The van der Waals surface area contributed by atoms with Gasteiger partial charge in [0, 0.05) is 29.8 Å². The number of aromatic nitrogens is 6. The van der Waals surface area contributed by atoms with E-state index in [-0.39, 0.29) is 11.6 Å². The number of hydrogen-bond donors (Lipinski definition) is 2. The highest BCUT2D eigenvalue weighted by Gasteiger charge is 2.10. The third kappa shape index (κ3) is 4.12. The van der Waals surface area contributed by atoms with Crippen LogP contribution in [0.4, 0.5) is 17.2 Å². The van der Waals surface area contributed by atoms with E-state index in [9.17, 15) is 4.79 Å². The summed E-state index contributed by atoms with van der Waals surface area (Å²) in [5.41, 5.74) is 3.14. The topological polar surface area (TPSA) is 111 Å². The fourth-order valence-electron chi connectivity index (χ4n) is 3.18. The molecule has 0 spiro atoms. The fraction of sp³-hybridized carbons (Fsp3) is 0.0435. The maximum Gasteiger partial charge on any atom is 0.275 e. The van der Waals surface area contributed by atoms with Gasteiger partial charge in [0.2, 0.25) is 0 Å². The van der Waals surface area contributed by atoms with Gasteiger partial charge in [-0.2, -0.15) is 5.10 Å². The first-order chi connectivity index (χ1) is 15.6. The minimum absolute atomic E-state index is 0.258. The van der Waals surface area contributed by atoms with Gasteiger partial charge in [0.05, 0.1) is 17.2 Å². The molecular weight excluding hydrogens is 404 g/mol. The molecule has 1 amide bonds. The van der Waals surface area contributed by atoms with E-state index in [0.717, 1.165) is 11.2 Å². The summed E-state index contributed by atoms with van der Waals surface area (Å²) in [4.78, 5) is 30.1. The van der Waals surface area contributed by atoms with Gasteiger partial charge in [-0.15, -0.1) is 0 Å². The molecule has 5 rings (SSSR count). The summed E-state index contributed by atoms with van der Waals surface area (Å²) in [5, 5.41) is 10.3. The fourth-order valence-corrected chi connectivity index (χ4v) is 3.18. The maximum atomic E-state index is 12.6. The summed E-state index contributed by atoms with van der Waals surface area (Å²) in [6.07, 6.45) is 4.99. The Morgan fingerprint density at radius 2 is 1.69 bits per heavy atom. The number of aryl methyl sites for hydroxylation is 1. The normalized spacial score (nSPS) is 10.8. The lowest BCUT2D eigenvalue weighted by molar-refractivity contribution is 0.102. The smallest absolute Gasteiger partial charge is 0.275 e. The highest BCUT2D eigenvalue weighted by Crippen LogP contribution is 2.20. The predicted octanol–water partition coefficient (Wildman–Crippen LogP) is 3.91. The van der Waals surface area contributed by atoms with Crippen LogP contribution in [-0.4, -0.2) is 35.6 Å². The average Bonchev–Trinajstić information content (AvgIpc) is 3.35. The Morgan fingerprint density at radius 3 is 2.47 bits per heavy atom. The number of carbonyl (C=O) groups is 1. The van der Waals surface area contributed by atoms with Crippen molar-refractivity contribution in [3.8, 4) is 5.82 Å². The van der Waals surface area contributed by atoms with Crippen LogP contribution in [0.3, 0.4) is 0 Å². The molecule has 3 heterocycles. The Balaban J connectivity index is 1.29.